The smallest absolute Gasteiger partial charge is 0.251 e. The molecule has 1 unspecified atom stereocenters. The number of amides is 1. The highest BCUT2D eigenvalue weighted by atomic mass is 35.5. The van der Waals surface area contributed by atoms with Gasteiger partial charge in [0.1, 0.15) is 24.7 Å². The van der Waals surface area contributed by atoms with Crippen LogP contribution in [-0.4, -0.2) is 20.7 Å². The molecular weight excluding hydrogens is 497 g/mol. The third kappa shape index (κ3) is 5.08. The van der Waals surface area contributed by atoms with Gasteiger partial charge in [0.05, 0.1) is 15.6 Å². The SMILES string of the molecule is CC1=C(C(=O)NCc2ccccc2)C(c2cccc(OCc3ccc(Cl)c(Cl)c3)c2)n2ncnc2N1. The van der Waals surface area contributed by atoms with E-state index < -0.39 is 6.04 Å². The standard InChI is InChI=1S/C27H23Cl2N5O2/c1-17-24(26(35)30-14-18-6-3-2-4-7-18)25(34-27(33-17)31-16-32-34)20-8-5-9-21(13-20)36-15-19-10-11-22(28)23(29)12-19/h2-13,16,25H,14-15H2,1H3,(H,30,35)(H,31,32,33). The lowest BCUT2D eigenvalue weighted by molar-refractivity contribution is -0.118. The van der Waals surface area contributed by atoms with Gasteiger partial charge in [0.2, 0.25) is 5.95 Å². The summed E-state index contributed by atoms with van der Waals surface area (Å²) >= 11 is 12.1. The first-order valence-electron chi connectivity index (χ1n) is 11.4. The monoisotopic (exact) mass is 519 g/mol. The van der Waals surface area contributed by atoms with Gasteiger partial charge in [-0.3, -0.25) is 4.79 Å². The van der Waals surface area contributed by atoms with Crippen molar-refractivity contribution < 1.29 is 9.53 Å². The predicted octanol–water partition coefficient (Wildman–Crippen LogP) is 5.77. The van der Waals surface area contributed by atoms with Crippen molar-refractivity contribution in [2.45, 2.75) is 26.1 Å². The molecule has 1 aliphatic rings. The molecule has 1 atom stereocenters. The maximum absolute atomic E-state index is 13.4. The van der Waals surface area contributed by atoms with Crippen molar-refractivity contribution in [2.75, 3.05) is 5.32 Å². The minimum Gasteiger partial charge on any atom is -0.489 e. The summed E-state index contributed by atoms with van der Waals surface area (Å²) < 4.78 is 7.75. The fourth-order valence-corrected chi connectivity index (χ4v) is 4.46. The molecule has 2 heterocycles. The van der Waals surface area contributed by atoms with E-state index in [-0.39, 0.29) is 5.91 Å². The highest BCUT2D eigenvalue weighted by Crippen LogP contribution is 2.36. The van der Waals surface area contributed by atoms with E-state index in [1.165, 1.54) is 6.33 Å². The number of aromatic nitrogens is 3. The number of carbonyl (C=O) groups excluding carboxylic acids is 1. The zero-order valence-electron chi connectivity index (χ0n) is 19.4. The Kier molecular flexibility index (Phi) is 6.93. The number of hydrogen-bond acceptors (Lipinski definition) is 5. The van der Waals surface area contributed by atoms with Gasteiger partial charge in [0.15, 0.2) is 0 Å². The quantitative estimate of drug-likeness (QED) is 0.324. The molecule has 1 aliphatic heterocycles. The first kappa shape index (κ1) is 23.9. The van der Waals surface area contributed by atoms with Crippen LogP contribution in [0, 0.1) is 0 Å². The number of halogens is 2. The molecule has 1 aromatic heterocycles. The van der Waals surface area contributed by atoms with Crippen LogP contribution in [0.5, 0.6) is 5.75 Å². The summed E-state index contributed by atoms with van der Waals surface area (Å²) in [6.07, 6.45) is 1.47. The van der Waals surface area contributed by atoms with Gasteiger partial charge in [-0.1, -0.05) is 71.7 Å². The van der Waals surface area contributed by atoms with Gasteiger partial charge in [0, 0.05) is 12.2 Å². The fourth-order valence-electron chi connectivity index (χ4n) is 4.14. The molecule has 0 fully saturated rings. The predicted molar refractivity (Wildman–Crippen MR) is 140 cm³/mol. The first-order chi connectivity index (χ1) is 17.5. The van der Waals surface area contributed by atoms with Gasteiger partial charge in [-0.25, -0.2) is 4.68 Å². The zero-order valence-corrected chi connectivity index (χ0v) is 20.9. The van der Waals surface area contributed by atoms with Gasteiger partial charge in [-0.05, 0) is 47.9 Å². The summed E-state index contributed by atoms with van der Waals surface area (Å²) in [5.41, 5.74) is 4.04. The number of rotatable bonds is 7. The topological polar surface area (TPSA) is 81.1 Å². The minimum atomic E-state index is -0.479. The number of benzene rings is 3. The maximum Gasteiger partial charge on any atom is 0.251 e. The Labute approximate surface area is 218 Å². The number of ether oxygens (including phenoxy) is 1. The second-order valence-electron chi connectivity index (χ2n) is 8.37. The van der Waals surface area contributed by atoms with Crippen LogP contribution in [0.4, 0.5) is 5.95 Å². The normalized spacial score (nSPS) is 14.7. The van der Waals surface area contributed by atoms with Crippen LogP contribution in [0.1, 0.15) is 29.7 Å². The number of carbonyl (C=O) groups is 1. The lowest BCUT2D eigenvalue weighted by Gasteiger charge is -2.29. The van der Waals surface area contributed by atoms with Crippen molar-refractivity contribution in [3.8, 4) is 5.75 Å². The number of nitrogens with zero attached hydrogens (tertiary/aromatic N) is 3. The fraction of sp³-hybridized carbons (Fsp3) is 0.148. The summed E-state index contributed by atoms with van der Waals surface area (Å²) in [5, 5.41) is 11.6. The van der Waals surface area contributed by atoms with Crippen LogP contribution in [0.3, 0.4) is 0 Å². The van der Waals surface area contributed by atoms with Crippen molar-refractivity contribution >= 4 is 35.1 Å². The molecule has 0 saturated heterocycles. The third-order valence-corrected chi connectivity index (χ3v) is 6.64. The molecule has 182 valence electrons. The van der Waals surface area contributed by atoms with E-state index in [9.17, 15) is 4.79 Å². The van der Waals surface area contributed by atoms with Crippen molar-refractivity contribution in [1.82, 2.24) is 20.1 Å². The Morgan fingerprint density at radius 3 is 2.67 bits per heavy atom. The summed E-state index contributed by atoms with van der Waals surface area (Å²) in [6.45, 7) is 2.61. The molecule has 9 heteroatoms. The second kappa shape index (κ2) is 10.4. The highest BCUT2D eigenvalue weighted by molar-refractivity contribution is 6.42. The number of allylic oxidation sites excluding steroid dienone is 1. The molecule has 4 aromatic rings. The van der Waals surface area contributed by atoms with E-state index in [4.69, 9.17) is 27.9 Å². The summed E-state index contributed by atoms with van der Waals surface area (Å²) in [4.78, 5) is 17.7. The van der Waals surface area contributed by atoms with E-state index in [1.807, 2.05) is 67.6 Å². The lowest BCUT2D eigenvalue weighted by atomic mass is 9.95. The largest absolute Gasteiger partial charge is 0.489 e. The van der Waals surface area contributed by atoms with Gasteiger partial charge < -0.3 is 15.4 Å². The average molecular weight is 520 g/mol. The molecule has 0 spiro atoms. The molecule has 0 saturated carbocycles. The number of anilines is 1. The molecule has 0 bridgehead atoms. The highest BCUT2D eigenvalue weighted by Gasteiger charge is 2.33. The average Bonchev–Trinajstić information content (AvgIpc) is 3.36. The molecule has 36 heavy (non-hydrogen) atoms. The first-order valence-corrected chi connectivity index (χ1v) is 12.1. The Balaban J connectivity index is 1.41. The van der Waals surface area contributed by atoms with E-state index in [0.29, 0.717) is 46.2 Å². The van der Waals surface area contributed by atoms with Crippen LogP contribution in [0.15, 0.2) is 90.4 Å². The zero-order chi connectivity index (χ0) is 25.1. The molecule has 1 amide bonds. The summed E-state index contributed by atoms with van der Waals surface area (Å²) in [5.74, 6) is 1.04. The van der Waals surface area contributed by atoms with Crippen LogP contribution >= 0.6 is 23.2 Å². The second-order valence-corrected chi connectivity index (χ2v) is 9.19. The summed E-state index contributed by atoms with van der Waals surface area (Å²) in [6, 6.07) is 22.3. The van der Waals surface area contributed by atoms with Gasteiger partial charge >= 0.3 is 0 Å². The Morgan fingerprint density at radius 1 is 1.03 bits per heavy atom. The van der Waals surface area contributed by atoms with E-state index in [0.717, 1.165) is 16.7 Å². The molecular formula is C27H23Cl2N5O2. The van der Waals surface area contributed by atoms with Crippen molar-refractivity contribution in [3.05, 3.63) is 117 Å². The number of nitrogens with one attached hydrogen (secondary N) is 2. The van der Waals surface area contributed by atoms with Crippen LogP contribution in [-0.2, 0) is 17.9 Å². The van der Waals surface area contributed by atoms with Gasteiger partial charge in [-0.2, -0.15) is 10.1 Å². The van der Waals surface area contributed by atoms with Crippen LogP contribution in [0.25, 0.3) is 0 Å². The van der Waals surface area contributed by atoms with E-state index in [1.54, 1.807) is 16.8 Å². The molecule has 0 aliphatic carbocycles. The van der Waals surface area contributed by atoms with E-state index >= 15 is 0 Å². The summed E-state index contributed by atoms with van der Waals surface area (Å²) in [7, 11) is 0. The number of hydrogen-bond donors (Lipinski definition) is 2. The lowest BCUT2D eigenvalue weighted by Crippen LogP contribution is -2.34. The Hall–Kier alpha value is -3.81. The van der Waals surface area contributed by atoms with E-state index in [2.05, 4.69) is 20.7 Å². The van der Waals surface area contributed by atoms with Crippen LogP contribution < -0.4 is 15.4 Å². The minimum absolute atomic E-state index is 0.183. The van der Waals surface area contributed by atoms with Gasteiger partial charge in [0.25, 0.3) is 5.91 Å². The van der Waals surface area contributed by atoms with Crippen LogP contribution in [0.2, 0.25) is 10.0 Å². The third-order valence-electron chi connectivity index (χ3n) is 5.90. The molecule has 0 radical (unpaired) electrons. The number of fused-ring (bicyclic) bond motifs is 1. The van der Waals surface area contributed by atoms with Crippen molar-refractivity contribution in [3.63, 3.8) is 0 Å². The van der Waals surface area contributed by atoms with Crippen molar-refractivity contribution in [1.29, 1.82) is 0 Å². The molecule has 3 aromatic carbocycles. The Morgan fingerprint density at radius 2 is 1.86 bits per heavy atom. The molecule has 2 N–H and O–H groups in total. The molecule has 7 nitrogen and oxygen atoms in total. The van der Waals surface area contributed by atoms with Gasteiger partial charge in [-0.15, -0.1) is 0 Å². The Bertz CT molecular complexity index is 1440. The maximum atomic E-state index is 13.4. The van der Waals surface area contributed by atoms with Crippen molar-refractivity contribution in [2.24, 2.45) is 0 Å². The molecule has 5 rings (SSSR count).